The predicted molar refractivity (Wildman–Crippen MR) is 492 cm³/mol. The number of aromatic nitrogens is 4. The van der Waals surface area contributed by atoms with Crippen LogP contribution >= 0.6 is 11.8 Å². The van der Waals surface area contributed by atoms with Crippen molar-refractivity contribution in [3.05, 3.63) is 126 Å². The molecule has 7 rings (SSSR count). The number of imidazole rings is 1. The number of amides is 16. The lowest BCUT2D eigenvalue weighted by Crippen LogP contribution is -2.61. The van der Waals surface area contributed by atoms with Crippen LogP contribution in [0.1, 0.15) is 134 Å². The second kappa shape index (κ2) is 52.6. The topological polar surface area (TPSA) is 604 Å². The molecule has 714 valence electrons. The van der Waals surface area contributed by atoms with Gasteiger partial charge in [-0.2, -0.15) is 0 Å². The van der Waals surface area contributed by atoms with E-state index >= 15 is 14.4 Å². The minimum atomic E-state index is -1.80. The Labute approximate surface area is 765 Å². The highest BCUT2D eigenvalue weighted by molar-refractivity contribution is 8.00. The maximum atomic E-state index is 15.7. The molecule has 3 aromatic carbocycles. The molecular formula is C89H130N24O17S. The fourth-order valence-electron chi connectivity index (χ4n) is 15.3. The molecular weight excluding hydrogens is 1710 g/mol. The summed E-state index contributed by atoms with van der Waals surface area (Å²) >= 11 is 0.828. The molecule has 4 heterocycles. The molecule has 1 aliphatic rings. The Hall–Kier alpha value is -13.0. The number of nitrogens with two attached hydrogens (primary N) is 3. The summed E-state index contributed by atoms with van der Waals surface area (Å²) in [5, 5.41) is 49.9. The van der Waals surface area contributed by atoms with Gasteiger partial charge in [-0.1, -0.05) is 120 Å². The van der Waals surface area contributed by atoms with Gasteiger partial charge in [0.15, 0.2) is 5.96 Å². The summed E-state index contributed by atoms with van der Waals surface area (Å²) in [4.78, 5) is 247. The van der Waals surface area contributed by atoms with Gasteiger partial charge >= 0.3 is 0 Å². The molecule has 1 saturated heterocycles. The SMILES string of the molecule is CCCC[C@@H](C(=O)N(C)[C@@H](CCCC)C(=O)N[C@@H](CCCNC(=N)N)C(=O)N[C@@H](CSCC(=O)NC(Cc1ccccc1)C(=O)N(C)[C@@H](C)C(=O)N[C@@H](CC(N)=O)C(=O)N1CCCC1)C(=O)NCC(N)=O)N(C)C(=O)[C@H](Cc1c[nH]c2ccccc12)NC(=O)[C@H](CO)NC(=O)[C@H](Cc1c[nH]c2ccccc12)NC(=O)CN(C)C(=O)[C@H](CC(C)C)NC(=O)[C@H](Cc1cnc[nH]1)NC. The zero-order valence-corrected chi connectivity index (χ0v) is 76.9. The van der Waals surface area contributed by atoms with Gasteiger partial charge < -0.3 is 120 Å². The van der Waals surface area contributed by atoms with Crippen molar-refractivity contribution in [2.45, 2.75) is 210 Å². The number of nitrogens with one attached hydrogen (secondary N) is 15. The van der Waals surface area contributed by atoms with Gasteiger partial charge in [0.25, 0.3) is 0 Å². The van der Waals surface area contributed by atoms with E-state index in [4.69, 9.17) is 22.6 Å². The molecule has 1 aliphatic heterocycles. The van der Waals surface area contributed by atoms with E-state index in [1.165, 1.54) is 51.2 Å². The number of carbonyl (C=O) groups is 16. The maximum Gasteiger partial charge on any atom is 0.245 e. The highest BCUT2D eigenvalue weighted by Crippen LogP contribution is 2.25. The third-order valence-corrected chi connectivity index (χ3v) is 23.8. The third-order valence-electron chi connectivity index (χ3n) is 22.7. The number of unbranched alkanes of at least 4 members (excludes halogenated alkanes) is 2. The Bertz CT molecular complexity index is 4890. The molecule has 6 aromatic rings. The van der Waals surface area contributed by atoms with Crippen molar-refractivity contribution in [3.63, 3.8) is 0 Å². The van der Waals surface area contributed by atoms with Gasteiger partial charge in [0, 0.05) is 125 Å². The van der Waals surface area contributed by atoms with Gasteiger partial charge in [0.05, 0.1) is 44.2 Å². The van der Waals surface area contributed by atoms with Crippen LogP contribution in [0.3, 0.4) is 0 Å². The number of thioether (sulfide) groups is 1. The highest BCUT2D eigenvalue weighted by atomic mass is 32.2. The Kier molecular flexibility index (Phi) is 42.2. The van der Waals surface area contributed by atoms with Crippen LogP contribution in [0.25, 0.3) is 21.8 Å². The molecule has 3 aromatic heterocycles. The number of benzene rings is 3. The summed E-state index contributed by atoms with van der Waals surface area (Å²) in [7, 11) is 7.04. The first-order chi connectivity index (χ1) is 62.5. The van der Waals surface area contributed by atoms with E-state index in [0.717, 1.165) is 39.3 Å². The van der Waals surface area contributed by atoms with Crippen LogP contribution in [0.4, 0.5) is 0 Å². The number of carbonyl (C=O) groups excluding carboxylic acids is 16. The summed E-state index contributed by atoms with van der Waals surface area (Å²) in [6, 6.07) is 6.63. The molecule has 0 bridgehead atoms. The first-order valence-electron chi connectivity index (χ1n) is 44.1. The van der Waals surface area contributed by atoms with Gasteiger partial charge in [0.2, 0.25) is 94.5 Å². The smallest absolute Gasteiger partial charge is 0.245 e. The van der Waals surface area contributed by atoms with Crippen LogP contribution in [0.5, 0.6) is 0 Å². The van der Waals surface area contributed by atoms with Gasteiger partial charge in [-0.25, -0.2) is 4.98 Å². The average molecular weight is 1840 g/mol. The van der Waals surface area contributed by atoms with Crippen molar-refractivity contribution in [2.24, 2.45) is 23.1 Å². The number of aliphatic hydroxyl groups is 1. The van der Waals surface area contributed by atoms with Crippen LogP contribution in [-0.2, 0) is 102 Å². The fraction of sp³-hybridized carbons (Fsp3) is 0.528. The normalized spacial score (nSPS) is 14.6. The Morgan fingerprint density at radius 2 is 1.05 bits per heavy atom. The lowest BCUT2D eigenvalue weighted by atomic mass is 10.00. The summed E-state index contributed by atoms with van der Waals surface area (Å²) in [5.74, 6) is -14.0. The van der Waals surface area contributed by atoms with Gasteiger partial charge in [-0.05, 0) is 93.7 Å². The van der Waals surface area contributed by atoms with E-state index < -0.39 is 205 Å². The monoisotopic (exact) mass is 1840 g/mol. The summed E-state index contributed by atoms with van der Waals surface area (Å²) in [6.07, 6.45) is 8.90. The molecule has 12 atom stereocenters. The molecule has 0 spiro atoms. The van der Waals surface area contributed by atoms with Crippen molar-refractivity contribution in [1.29, 1.82) is 5.41 Å². The summed E-state index contributed by atoms with van der Waals surface area (Å²) in [6.45, 7) is 7.39. The van der Waals surface area contributed by atoms with Crippen molar-refractivity contribution >= 4 is 134 Å². The number of para-hydroxylation sites is 2. The first kappa shape index (κ1) is 105. The van der Waals surface area contributed by atoms with Crippen LogP contribution in [0, 0.1) is 11.3 Å². The Morgan fingerprint density at radius 3 is 1.63 bits per heavy atom. The number of likely N-dealkylation sites (N-methyl/N-ethyl adjacent to an activating group) is 5. The molecule has 41 nitrogen and oxygen atoms in total. The van der Waals surface area contributed by atoms with Crippen LogP contribution < -0.4 is 75.7 Å². The minimum absolute atomic E-state index is 0.00497. The van der Waals surface area contributed by atoms with E-state index in [1.807, 2.05) is 33.8 Å². The standard InChI is InChI=1S/C89H130N24O17S/c1-11-13-32-71(83(125)103-62(31-24-34-96-89(92)93)79(121)108-70(78(120)99-46-74(91)116)49-131-50-76(118)102-66(38-54-25-16-15-17-26-54)85(127)110(8)53(5)77(119)104-68(42-73(90)115)87(129)113-35-22-23-36-113)111(9)88(130)72(33-14-12-2)112(10)86(128)67(40-56-44-98-61-30-21-19-28-59(56)61)106-82(124)69(48-114)107-81(123)64(39-55-43-97-60-29-20-18-27-58(55)60)101-75(117)47-109(7)84(126)65(37-52(3)4)105-80(122)63(94-6)41-57-45-95-51-100-57/h15-21,25-30,43-45,51-53,62-72,94,97-98,114H,11-14,22-24,31-42,46-50H2,1-10H3,(H2,90,115)(H2,91,116)(H,95,100)(H,99,120)(H,101,117)(H,102,118)(H,103,125)(H,104,119)(H,105,122)(H,106,124)(H,107,123)(H,108,121)(H4,92,93,96)/t53-,62-,63-,64-,65-,66?,67-,68-,69-,70-,71-,72-/m0/s1. The highest BCUT2D eigenvalue weighted by Gasteiger charge is 2.42. The quantitative estimate of drug-likeness (QED) is 0.0118. The lowest BCUT2D eigenvalue weighted by Gasteiger charge is -2.36. The second-order valence-electron chi connectivity index (χ2n) is 33.3. The van der Waals surface area contributed by atoms with Crippen molar-refractivity contribution in [1.82, 2.24) is 103 Å². The third kappa shape index (κ3) is 32.3. The molecule has 22 N–H and O–H groups in total. The molecule has 0 radical (unpaired) electrons. The average Bonchev–Trinajstić information content (AvgIpc) is 1.75. The van der Waals surface area contributed by atoms with Crippen LogP contribution in [0.15, 0.2) is 104 Å². The number of guanidine groups is 1. The Morgan fingerprint density at radius 1 is 0.519 bits per heavy atom. The molecule has 16 amide bonds. The second-order valence-corrected chi connectivity index (χ2v) is 34.3. The van der Waals surface area contributed by atoms with Gasteiger partial charge in [0.1, 0.15) is 66.5 Å². The van der Waals surface area contributed by atoms with E-state index in [9.17, 15) is 67.4 Å². The number of likely N-dealkylation sites (tertiary alicyclic amines) is 1. The molecule has 131 heavy (non-hydrogen) atoms. The molecule has 42 heteroatoms. The van der Waals surface area contributed by atoms with Gasteiger partial charge in [-0.15, -0.1) is 11.8 Å². The minimum Gasteiger partial charge on any atom is -0.394 e. The lowest BCUT2D eigenvalue weighted by molar-refractivity contribution is -0.149. The number of nitrogens with zero attached hydrogens (tertiary/aromatic N) is 6. The molecule has 0 saturated carbocycles. The van der Waals surface area contributed by atoms with Crippen LogP contribution in [0.2, 0.25) is 0 Å². The van der Waals surface area contributed by atoms with Crippen LogP contribution in [-0.4, -0.2) is 309 Å². The molecule has 0 aliphatic carbocycles. The number of rotatable bonds is 55. The maximum absolute atomic E-state index is 15.7. The number of primary amides is 2. The zero-order chi connectivity index (χ0) is 96.1. The number of H-pyrrole nitrogens is 3. The van der Waals surface area contributed by atoms with Gasteiger partial charge in [-0.3, -0.25) is 82.1 Å². The molecule has 1 fully saturated rings. The fourth-order valence-corrected chi connectivity index (χ4v) is 16.2. The first-order valence-corrected chi connectivity index (χ1v) is 45.3. The largest absolute Gasteiger partial charge is 0.394 e. The van der Waals surface area contributed by atoms with E-state index in [2.05, 4.69) is 78.4 Å². The van der Waals surface area contributed by atoms with E-state index in [-0.39, 0.29) is 76.0 Å². The van der Waals surface area contributed by atoms with Crippen molar-refractivity contribution in [3.8, 4) is 0 Å². The predicted octanol–water partition coefficient (Wildman–Crippen LogP) is -1.42. The Balaban J connectivity index is 1.10. The number of aromatic amines is 3. The number of hydrogen-bond donors (Lipinski definition) is 19. The van der Waals surface area contributed by atoms with E-state index in [0.29, 0.717) is 83.0 Å². The summed E-state index contributed by atoms with van der Waals surface area (Å²) < 4.78 is 0. The zero-order valence-electron chi connectivity index (χ0n) is 76.1. The summed E-state index contributed by atoms with van der Waals surface area (Å²) in [5.41, 5.74) is 20.3. The molecule has 1 unspecified atom stereocenters. The number of hydrogen-bond acceptors (Lipinski definition) is 21. The number of aliphatic hydroxyl groups excluding tert-OH is 1. The number of fused-ring (bicyclic) bond motifs is 2. The van der Waals surface area contributed by atoms with Crippen molar-refractivity contribution in [2.75, 3.05) is 86.1 Å². The van der Waals surface area contributed by atoms with E-state index in [1.54, 1.807) is 98.4 Å². The van der Waals surface area contributed by atoms with Crippen molar-refractivity contribution < 1.29 is 81.8 Å².